The molecule has 2 rings (SSSR count). The molecular weight excluding hydrogens is 330 g/mol. The lowest BCUT2D eigenvalue weighted by Gasteiger charge is -2.27. The number of benzene rings is 1. The molecule has 2 aromatic rings. The second kappa shape index (κ2) is 7.54. The van der Waals surface area contributed by atoms with E-state index in [1.807, 2.05) is 30.5 Å². The van der Waals surface area contributed by atoms with Crippen LogP contribution in [0, 0.1) is 0 Å². The third-order valence-electron chi connectivity index (χ3n) is 3.43. The Morgan fingerprint density at radius 2 is 2.14 bits per heavy atom. The first kappa shape index (κ1) is 15.9. The molecule has 1 unspecified atom stereocenters. The number of hydrogen-bond donors (Lipinski definition) is 1. The van der Waals surface area contributed by atoms with Crippen LogP contribution in [0.4, 0.5) is 0 Å². The number of aromatic nitrogens is 1. The number of pyridine rings is 1. The first-order valence-corrected chi connectivity index (χ1v) is 7.58. The molecule has 0 spiro atoms. The van der Waals surface area contributed by atoms with Crippen molar-refractivity contribution in [3.05, 3.63) is 58.2 Å². The summed E-state index contributed by atoms with van der Waals surface area (Å²) < 4.78 is 6.18. The molecule has 0 saturated heterocycles. The lowest BCUT2D eigenvalue weighted by Crippen LogP contribution is -2.30. The fourth-order valence-electron chi connectivity index (χ4n) is 2.31. The van der Waals surface area contributed by atoms with E-state index in [2.05, 4.69) is 45.0 Å². The van der Waals surface area contributed by atoms with Crippen LogP contribution in [0.5, 0.6) is 5.88 Å². The smallest absolute Gasteiger partial charge is 0.212 e. The molecular formula is C16H20BrN3O. The molecule has 0 bridgehead atoms. The van der Waals surface area contributed by atoms with Gasteiger partial charge in [0.15, 0.2) is 0 Å². The van der Waals surface area contributed by atoms with Crippen molar-refractivity contribution < 1.29 is 4.74 Å². The van der Waals surface area contributed by atoms with Crippen molar-refractivity contribution >= 4 is 15.9 Å². The van der Waals surface area contributed by atoms with E-state index in [1.54, 1.807) is 7.11 Å². The van der Waals surface area contributed by atoms with Gasteiger partial charge in [-0.2, -0.15) is 0 Å². The Hall–Kier alpha value is -1.43. The summed E-state index contributed by atoms with van der Waals surface area (Å²) in [6, 6.07) is 12.3. The molecule has 2 N–H and O–H groups in total. The van der Waals surface area contributed by atoms with Gasteiger partial charge in [0.1, 0.15) is 0 Å². The number of likely N-dealkylation sites (N-methyl/N-ethyl adjacent to an activating group) is 1. The molecule has 1 atom stereocenters. The molecule has 0 radical (unpaired) electrons. The monoisotopic (exact) mass is 349 g/mol. The van der Waals surface area contributed by atoms with E-state index in [0.29, 0.717) is 12.4 Å². The van der Waals surface area contributed by atoms with Gasteiger partial charge in [-0.05, 0) is 30.3 Å². The largest absolute Gasteiger partial charge is 0.481 e. The van der Waals surface area contributed by atoms with Gasteiger partial charge in [-0.15, -0.1) is 0 Å². The Balaban J connectivity index is 2.12. The minimum atomic E-state index is 0.127. The molecule has 0 amide bonds. The average Bonchev–Trinajstić information content (AvgIpc) is 2.48. The summed E-state index contributed by atoms with van der Waals surface area (Å²) >= 11 is 3.50. The Labute approximate surface area is 134 Å². The van der Waals surface area contributed by atoms with Crippen LogP contribution in [-0.2, 0) is 6.54 Å². The van der Waals surface area contributed by atoms with Crippen molar-refractivity contribution in [2.45, 2.75) is 12.6 Å². The predicted molar refractivity (Wildman–Crippen MR) is 88.2 cm³/mol. The summed E-state index contributed by atoms with van der Waals surface area (Å²) in [5, 5.41) is 0. The van der Waals surface area contributed by atoms with Gasteiger partial charge in [0, 0.05) is 35.9 Å². The van der Waals surface area contributed by atoms with E-state index < -0.39 is 0 Å². The molecule has 112 valence electrons. The number of nitrogens with zero attached hydrogens (tertiary/aromatic N) is 2. The maximum atomic E-state index is 5.95. The Morgan fingerprint density at radius 1 is 1.33 bits per heavy atom. The normalized spacial score (nSPS) is 12.4. The SMILES string of the molecule is COc1ccc(C(CN)N(C)Cc2cccc(Br)c2)cn1. The van der Waals surface area contributed by atoms with Crippen LogP contribution in [-0.4, -0.2) is 30.6 Å². The van der Waals surface area contributed by atoms with Crippen molar-refractivity contribution in [1.82, 2.24) is 9.88 Å². The van der Waals surface area contributed by atoms with E-state index in [4.69, 9.17) is 10.5 Å². The third kappa shape index (κ3) is 4.27. The van der Waals surface area contributed by atoms with Gasteiger partial charge < -0.3 is 10.5 Å². The highest BCUT2D eigenvalue weighted by Crippen LogP contribution is 2.22. The van der Waals surface area contributed by atoms with Gasteiger partial charge >= 0.3 is 0 Å². The molecule has 0 fully saturated rings. The Bertz CT molecular complexity index is 574. The first-order valence-electron chi connectivity index (χ1n) is 6.78. The van der Waals surface area contributed by atoms with Crippen LogP contribution in [0.25, 0.3) is 0 Å². The quantitative estimate of drug-likeness (QED) is 0.870. The van der Waals surface area contributed by atoms with Gasteiger partial charge in [0.05, 0.1) is 7.11 Å². The maximum absolute atomic E-state index is 5.95. The van der Waals surface area contributed by atoms with E-state index in [9.17, 15) is 0 Å². The number of methoxy groups -OCH3 is 1. The lowest BCUT2D eigenvalue weighted by atomic mass is 10.1. The van der Waals surface area contributed by atoms with Crippen LogP contribution in [0.1, 0.15) is 17.2 Å². The second-order valence-electron chi connectivity index (χ2n) is 4.93. The number of ether oxygens (including phenoxy) is 1. The minimum absolute atomic E-state index is 0.127. The molecule has 1 heterocycles. The summed E-state index contributed by atoms with van der Waals surface area (Å²) in [5.41, 5.74) is 8.29. The van der Waals surface area contributed by atoms with Crippen molar-refractivity contribution in [3.8, 4) is 5.88 Å². The van der Waals surface area contributed by atoms with E-state index in [1.165, 1.54) is 5.56 Å². The summed E-state index contributed by atoms with van der Waals surface area (Å²) in [5.74, 6) is 0.615. The summed E-state index contributed by atoms with van der Waals surface area (Å²) in [6.45, 7) is 1.37. The zero-order valence-corrected chi connectivity index (χ0v) is 13.9. The van der Waals surface area contributed by atoms with Crippen molar-refractivity contribution in [3.63, 3.8) is 0 Å². The number of nitrogens with two attached hydrogens (primary N) is 1. The lowest BCUT2D eigenvalue weighted by molar-refractivity contribution is 0.241. The third-order valence-corrected chi connectivity index (χ3v) is 3.92. The highest BCUT2D eigenvalue weighted by atomic mass is 79.9. The molecule has 5 heteroatoms. The minimum Gasteiger partial charge on any atom is -0.481 e. The maximum Gasteiger partial charge on any atom is 0.212 e. The van der Waals surface area contributed by atoms with Crippen molar-refractivity contribution in [2.24, 2.45) is 5.73 Å². The highest BCUT2D eigenvalue weighted by molar-refractivity contribution is 9.10. The zero-order valence-electron chi connectivity index (χ0n) is 12.3. The van der Waals surface area contributed by atoms with Crippen LogP contribution in [0.2, 0.25) is 0 Å². The first-order chi connectivity index (χ1) is 10.1. The van der Waals surface area contributed by atoms with Crippen molar-refractivity contribution in [2.75, 3.05) is 20.7 Å². The molecule has 0 aliphatic carbocycles. The second-order valence-corrected chi connectivity index (χ2v) is 5.85. The topological polar surface area (TPSA) is 51.4 Å². The van der Waals surface area contributed by atoms with Gasteiger partial charge in [-0.3, -0.25) is 4.90 Å². The van der Waals surface area contributed by atoms with Gasteiger partial charge in [-0.1, -0.05) is 34.1 Å². The molecule has 0 saturated carbocycles. The summed E-state index contributed by atoms with van der Waals surface area (Å²) in [6.07, 6.45) is 1.83. The van der Waals surface area contributed by atoms with Crippen LogP contribution < -0.4 is 10.5 Å². The fraction of sp³-hybridized carbons (Fsp3) is 0.312. The predicted octanol–water partition coefficient (Wildman–Crippen LogP) is 2.98. The molecule has 21 heavy (non-hydrogen) atoms. The summed E-state index contributed by atoms with van der Waals surface area (Å²) in [4.78, 5) is 6.49. The van der Waals surface area contributed by atoms with Crippen LogP contribution in [0.3, 0.4) is 0 Å². The zero-order chi connectivity index (χ0) is 15.2. The van der Waals surface area contributed by atoms with Crippen molar-refractivity contribution in [1.29, 1.82) is 0 Å². The Morgan fingerprint density at radius 3 is 2.71 bits per heavy atom. The fourth-order valence-corrected chi connectivity index (χ4v) is 2.76. The molecule has 1 aromatic heterocycles. The Kier molecular flexibility index (Phi) is 5.73. The number of rotatable bonds is 6. The van der Waals surface area contributed by atoms with Crippen LogP contribution in [0.15, 0.2) is 47.1 Å². The van der Waals surface area contributed by atoms with Gasteiger partial charge in [-0.25, -0.2) is 4.98 Å². The average molecular weight is 350 g/mol. The molecule has 0 aliphatic heterocycles. The number of hydrogen-bond acceptors (Lipinski definition) is 4. The number of halogens is 1. The van der Waals surface area contributed by atoms with Gasteiger partial charge in [0.25, 0.3) is 0 Å². The van der Waals surface area contributed by atoms with Crippen LogP contribution >= 0.6 is 15.9 Å². The van der Waals surface area contributed by atoms with E-state index in [0.717, 1.165) is 16.6 Å². The summed E-state index contributed by atoms with van der Waals surface area (Å²) in [7, 11) is 3.68. The van der Waals surface area contributed by atoms with Gasteiger partial charge in [0.2, 0.25) is 5.88 Å². The van der Waals surface area contributed by atoms with E-state index >= 15 is 0 Å². The highest BCUT2D eigenvalue weighted by Gasteiger charge is 2.16. The molecule has 0 aliphatic rings. The molecule has 1 aromatic carbocycles. The molecule has 4 nitrogen and oxygen atoms in total. The standard InChI is InChI=1S/C16H20BrN3O/c1-20(11-12-4-3-5-14(17)8-12)15(9-18)13-6-7-16(21-2)19-10-13/h3-8,10,15H,9,11,18H2,1-2H3. The van der Waals surface area contributed by atoms with E-state index in [-0.39, 0.29) is 6.04 Å².